The Morgan fingerprint density at radius 3 is 2.47 bits per heavy atom. The molecule has 102 valence electrons. The second-order valence-corrected chi connectivity index (χ2v) is 5.74. The Morgan fingerprint density at radius 2 is 2.00 bits per heavy atom. The summed E-state index contributed by atoms with van der Waals surface area (Å²) in [6.45, 7) is 9.54. The van der Waals surface area contributed by atoms with E-state index in [1.165, 1.54) is 0 Å². The number of ether oxygens (including phenoxy) is 1. The second-order valence-electron chi connectivity index (χ2n) is 5.74. The fourth-order valence-electron chi connectivity index (χ4n) is 2.26. The summed E-state index contributed by atoms with van der Waals surface area (Å²) in [4.78, 5) is 2.33. The summed E-state index contributed by atoms with van der Waals surface area (Å²) < 4.78 is 5.35. The van der Waals surface area contributed by atoms with Gasteiger partial charge in [-0.15, -0.1) is 0 Å². The monoisotopic (exact) mass is 244 g/mol. The lowest BCUT2D eigenvalue weighted by Crippen LogP contribution is -2.51. The van der Waals surface area contributed by atoms with E-state index in [1.807, 2.05) is 6.92 Å². The molecular weight excluding hydrogens is 216 g/mol. The first-order valence-electron chi connectivity index (χ1n) is 6.64. The number of β-amino-alcohol motifs (C(OH)–C–C–N with tert-alkyl or cyclic N) is 1. The summed E-state index contributed by atoms with van der Waals surface area (Å²) in [5.41, 5.74) is -0.649. The predicted molar refractivity (Wildman–Crippen MR) is 70.2 cm³/mol. The topological polar surface area (TPSA) is 44.7 Å². The summed E-state index contributed by atoms with van der Waals surface area (Å²) in [7, 11) is 1.78. The van der Waals surface area contributed by atoms with Gasteiger partial charge in [-0.1, -0.05) is 13.8 Å². The fraction of sp³-hybridized carbons (Fsp3) is 1.00. The molecule has 4 heteroatoms. The van der Waals surface area contributed by atoms with Crippen LogP contribution in [-0.2, 0) is 4.74 Å². The standard InChI is InChI=1S/C13H28N2O2/c1-11(2)14-9-13(3,16)10-15-7-5-12(17-4)6-8-15/h11-12,14,16H,5-10H2,1-4H3. The SMILES string of the molecule is COC1CCN(CC(C)(O)CNC(C)C)CC1. The maximum absolute atomic E-state index is 10.3. The van der Waals surface area contributed by atoms with Gasteiger partial charge in [-0.25, -0.2) is 0 Å². The third-order valence-electron chi connectivity index (χ3n) is 3.32. The van der Waals surface area contributed by atoms with Crippen molar-refractivity contribution in [1.29, 1.82) is 0 Å². The highest BCUT2D eigenvalue weighted by Crippen LogP contribution is 2.15. The first kappa shape index (κ1) is 14.9. The van der Waals surface area contributed by atoms with Crippen LogP contribution in [0.5, 0.6) is 0 Å². The summed E-state index contributed by atoms with van der Waals surface area (Å²) in [6, 6.07) is 0.417. The van der Waals surface area contributed by atoms with E-state index in [1.54, 1.807) is 7.11 Å². The van der Waals surface area contributed by atoms with Crippen molar-refractivity contribution in [2.24, 2.45) is 0 Å². The Labute approximate surface area is 105 Å². The van der Waals surface area contributed by atoms with Crippen molar-refractivity contribution in [2.45, 2.75) is 51.4 Å². The van der Waals surface area contributed by atoms with Gasteiger partial charge >= 0.3 is 0 Å². The zero-order chi connectivity index (χ0) is 12.9. The second kappa shape index (κ2) is 6.69. The van der Waals surface area contributed by atoms with Crippen LogP contribution in [0.2, 0.25) is 0 Å². The van der Waals surface area contributed by atoms with E-state index in [0.29, 0.717) is 18.7 Å². The Hall–Kier alpha value is -0.160. The molecule has 2 N–H and O–H groups in total. The molecule has 1 aliphatic heterocycles. The van der Waals surface area contributed by atoms with Gasteiger partial charge in [0.25, 0.3) is 0 Å². The molecule has 1 atom stereocenters. The molecule has 1 fully saturated rings. The van der Waals surface area contributed by atoms with E-state index in [0.717, 1.165) is 32.5 Å². The number of rotatable bonds is 6. The van der Waals surface area contributed by atoms with Gasteiger partial charge in [-0.05, 0) is 19.8 Å². The molecule has 0 aromatic rings. The average molecular weight is 244 g/mol. The summed E-state index contributed by atoms with van der Waals surface area (Å²) in [5.74, 6) is 0. The third-order valence-corrected chi connectivity index (χ3v) is 3.32. The van der Waals surface area contributed by atoms with Crippen LogP contribution in [0.25, 0.3) is 0 Å². The van der Waals surface area contributed by atoms with Gasteiger partial charge < -0.3 is 20.1 Å². The van der Waals surface area contributed by atoms with Crippen LogP contribution >= 0.6 is 0 Å². The normalized spacial score (nSPS) is 22.9. The molecule has 1 aliphatic rings. The first-order chi connectivity index (χ1) is 7.93. The van der Waals surface area contributed by atoms with E-state index in [9.17, 15) is 5.11 Å². The van der Waals surface area contributed by atoms with Crippen molar-refractivity contribution in [3.05, 3.63) is 0 Å². The molecule has 0 spiro atoms. The molecule has 4 nitrogen and oxygen atoms in total. The molecule has 1 heterocycles. The van der Waals surface area contributed by atoms with Crippen LogP contribution in [-0.4, -0.2) is 61.0 Å². The van der Waals surface area contributed by atoms with Crippen molar-refractivity contribution in [3.8, 4) is 0 Å². The number of aliphatic hydroxyl groups is 1. The van der Waals surface area contributed by atoms with E-state index < -0.39 is 5.60 Å². The number of hydrogen-bond acceptors (Lipinski definition) is 4. The van der Waals surface area contributed by atoms with E-state index in [-0.39, 0.29) is 0 Å². The molecule has 1 saturated heterocycles. The minimum Gasteiger partial charge on any atom is -0.388 e. The molecule has 17 heavy (non-hydrogen) atoms. The minimum absolute atomic E-state index is 0.407. The lowest BCUT2D eigenvalue weighted by atomic mass is 10.0. The molecule has 0 amide bonds. The van der Waals surface area contributed by atoms with Gasteiger partial charge in [0, 0.05) is 39.3 Å². The smallest absolute Gasteiger partial charge is 0.0869 e. The Morgan fingerprint density at radius 1 is 1.41 bits per heavy atom. The predicted octanol–water partition coefficient (Wildman–Crippen LogP) is 0.846. The van der Waals surface area contributed by atoms with Gasteiger partial charge in [0.15, 0.2) is 0 Å². The fourth-order valence-corrected chi connectivity index (χ4v) is 2.26. The molecule has 0 radical (unpaired) electrons. The summed E-state index contributed by atoms with van der Waals surface area (Å²) >= 11 is 0. The molecule has 0 aromatic heterocycles. The molecule has 1 rings (SSSR count). The van der Waals surface area contributed by atoms with Crippen LogP contribution in [0.4, 0.5) is 0 Å². The highest BCUT2D eigenvalue weighted by atomic mass is 16.5. The van der Waals surface area contributed by atoms with Crippen molar-refractivity contribution in [2.75, 3.05) is 33.3 Å². The van der Waals surface area contributed by atoms with Crippen molar-refractivity contribution < 1.29 is 9.84 Å². The largest absolute Gasteiger partial charge is 0.388 e. The van der Waals surface area contributed by atoms with Crippen LogP contribution in [0.15, 0.2) is 0 Å². The van der Waals surface area contributed by atoms with E-state index >= 15 is 0 Å². The maximum Gasteiger partial charge on any atom is 0.0869 e. The van der Waals surface area contributed by atoms with Gasteiger partial charge in [0.05, 0.1) is 11.7 Å². The number of methoxy groups -OCH3 is 1. The van der Waals surface area contributed by atoms with Crippen LogP contribution in [0.1, 0.15) is 33.6 Å². The number of hydrogen-bond donors (Lipinski definition) is 2. The van der Waals surface area contributed by atoms with Crippen molar-refractivity contribution in [1.82, 2.24) is 10.2 Å². The molecule has 0 saturated carbocycles. The minimum atomic E-state index is -0.649. The maximum atomic E-state index is 10.3. The highest BCUT2D eigenvalue weighted by molar-refractivity contribution is 4.83. The van der Waals surface area contributed by atoms with Gasteiger partial charge in [-0.3, -0.25) is 0 Å². The molecule has 0 aromatic carbocycles. The number of nitrogens with one attached hydrogen (secondary N) is 1. The first-order valence-corrected chi connectivity index (χ1v) is 6.64. The molecule has 0 aliphatic carbocycles. The number of nitrogens with zero attached hydrogens (tertiary/aromatic N) is 1. The Bertz CT molecular complexity index is 211. The zero-order valence-electron chi connectivity index (χ0n) is 11.7. The Balaban J connectivity index is 2.28. The summed E-state index contributed by atoms with van der Waals surface area (Å²) in [6.07, 6.45) is 2.55. The van der Waals surface area contributed by atoms with Crippen molar-refractivity contribution >= 4 is 0 Å². The van der Waals surface area contributed by atoms with Gasteiger partial charge in [-0.2, -0.15) is 0 Å². The lowest BCUT2D eigenvalue weighted by molar-refractivity contribution is -0.0116. The molecule has 1 unspecified atom stereocenters. The number of piperidine rings is 1. The van der Waals surface area contributed by atoms with Crippen LogP contribution in [0, 0.1) is 0 Å². The van der Waals surface area contributed by atoms with Crippen LogP contribution < -0.4 is 5.32 Å². The van der Waals surface area contributed by atoms with Gasteiger partial charge in [0.1, 0.15) is 0 Å². The lowest BCUT2D eigenvalue weighted by Gasteiger charge is -2.36. The third kappa shape index (κ3) is 5.82. The summed E-state index contributed by atoms with van der Waals surface area (Å²) in [5, 5.41) is 13.6. The zero-order valence-corrected chi connectivity index (χ0v) is 11.7. The average Bonchev–Trinajstić information content (AvgIpc) is 2.27. The quantitative estimate of drug-likeness (QED) is 0.727. The van der Waals surface area contributed by atoms with E-state index in [2.05, 4.69) is 24.1 Å². The number of likely N-dealkylation sites (tertiary alicyclic amines) is 1. The van der Waals surface area contributed by atoms with Crippen LogP contribution in [0.3, 0.4) is 0 Å². The van der Waals surface area contributed by atoms with Crippen molar-refractivity contribution in [3.63, 3.8) is 0 Å². The highest BCUT2D eigenvalue weighted by Gasteiger charge is 2.27. The Kier molecular flexibility index (Phi) is 5.86. The van der Waals surface area contributed by atoms with E-state index in [4.69, 9.17) is 4.74 Å². The molecular formula is C13H28N2O2. The molecule has 0 bridgehead atoms. The van der Waals surface area contributed by atoms with Gasteiger partial charge in [0.2, 0.25) is 0 Å².